The molecule has 122 valence electrons. The van der Waals surface area contributed by atoms with E-state index in [2.05, 4.69) is 0 Å². The van der Waals surface area contributed by atoms with Crippen molar-refractivity contribution in [1.82, 2.24) is 4.90 Å². The topological polar surface area (TPSA) is 42.7 Å². The predicted molar refractivity (Wildman–Crippen MR) is 83.9 cm³/mol. The third kappa shape index (κ3) is 3.23. The zero-order chi connectivity index (χ0) is 16.2. The Labute approximate surface area is 134 Å². The van der Waals surface area contributed by atoms with Crippen LogP contribution in [0, 0.1) is 5.82 Å². The highest BCUT2D eigenvalue weighted by atomic mass is 19.1. The monoisotopic (exact) mass is 317 g/mol. The molecule has 2 heterocycles. The third-order valence-corrected chi connectivity index (χ3v) is 4.29. The molecule has 1 aromatic carbocycles. The average Bonchev–Trinajstić information content (AvgIpc) is 2.98. The van der Waals surface area contributed by atoms with Gasteiger partial charge in [0.2, 0.25) is 0 Å². The van der Waals surface area contributed by atoms with Gasteiger partial charge < -0.3 is 14.1 Å². The Morgan fingerprint density at radius 1 is 1.30 bits per heavy atom. The maximum absolute atomic E-state index is 14.3. The van der Waals surface area contributed by atoms with Crippen LogP contribution in [-0.2, 0) is 0 Å². The average molecular weight is 317 g/mol. The summed E-state index contributed by atoms with van der Waals surface area (Å²) >= 11 is 0. The van der Waals surface area contributed by atoms with Gasteiger partial charge >= 0.3 is 0 Å². The van der Waals surface area contributed by atoms with Crippen LogP contribution in [0.4, 0.5) is 4.39 Å². The van der Waals surface area contributed by atoms with Crippen LogP contribution in [0.25, 0.3) is 0 Å². The van der Waals surface area contributed by atoms with Crippen molar-refractivity contribution in [3.8, 4) is 5.75 Å². The fourth-order valence-corrected chi connectivity index (χ4v) is 3.08. The van der Waals surface area contributed by atoms with Crippen molar-refractivity contribution in [2.45, 2.75) is 31.7 Å². The largest absolute Gasteiger partial charge is 0.497 e. The minimum absolute atomic E-state index is 0.0734. The van der Waals surface area contributed by atoms with Crippen molar-refractivity contribution in [3.05, 3.63) is 53.7 Å². The summed E-state index contributed by atoms with van der Waals surface area (Å²) in [7, 11) is 1.47. The van der Waals surface area contributed by atoms with Gasteiger partial charge in [0.25, 0.3) is 5.91 Å². The zero-order valence-corrected chi connectivity index (χ0v) is 13.1. The predicted octanol–water partition coefficient (Wildman–Crippen LogP) is 4.18. The molecule has 1 aliphatic rings. The van der Waals surface area contributed by atoms with Gasteiger partial charge in [-0.2, -0.15) is 0 Å². The molecule has 0 aliphatic carbocycles. The number of methoxy groups -OCH3 is 1. The Bertz CT molecular complexity index is 669. The lowest BCUT2D eigenvalue weighted by Crippen LogP contribution is -2.35. The van der Waals surface area contributed by atoms with Crippen LogP contribution in [0.5, 0.6) is 5.75 Å². The second-order valence-electron chi connectivity index (χ2n) is 5.72. The molecule has 0 spiro atoms. The second-order valence-corrected chi connectivity index (χ2v) is 5.72. The molecule has 1 amide bonds. The summed E-state index contributed by atoms with van der Waals surface area (Å²) in [6.45, 7) is 0.607. The number of furan rings is 1. The molecule has 23 heavy (non-hydrogen) atoms. The van der Waals surface area contributed by atoms with E-state index in [-0.39, 0.29) is 17.5 Å². The smallest absolute Gasteiger partial charge is 0.257 e. The Morgan fingerprint density at radius 2 is 2.17 bits per heavy atom. The number of benzene rings is 1. The van der Waals surface area contributed by atoms with Crippen molar-refractivity contribution >= 4 is 5.91 Å². The zero-order valence-electron chi connectivity index (χ0n) is 13.1. The molecule has 2 aromatic rings. The van der Waals surface area contributed by atoms with Crippen LogP contribution >= 0.6 is 0 Å². The van der Waals surface area contributed by atoms with Gasteiger partial charge in [0, 0.05) is 12.6 Å². The molecule has 1 unspecified atom stereocenters. The van der Waals surface area contributed by atoms with Gasteiger partial charge in [0.05, 0.1) is 25.0 Å². The fourth-order valence-electron chi connectivity index (χ4n) is 3.08. The van der Waals surface area contributed by atoms with Gasteiger partial charge in [-0.1, -0.05) is 12.8 Å². The number of amides is 1. The molecular formula is C18H20FNO3. The summed E-state index contributed by atoms with van der Waals surface area (Å²) < 4.78 is 24.8. The molecule has 4 nitrogen and oxygen atoms in total. The molecule has 1 atom stereocenters. The summed E-state index contributed by atoms with van der Waals surface area (Å²) in [6, 6.07) is 7.89. The van der Waals surface area contributed by atoms with Gasteiger partial charge in [-0.05, 0) is 37.1 Å². The number of rotatable bonds is 3. The molecule has 1 saturated heterocycles. The summed E-state index contributed by atoms with van der Waals surface area (Å²) in [5.74, 6) is 0.303. The quantitative estimate of drug-likeness (QED) is 0.852. The van der Waals surface area contributed by atoms with Gasteiger partial charge in [-0.25, -0.2) is 4.39 Å². The van der Waals surface area contributed by atoms with Gasteiger partial charge in [0.1, 0.15) is 17.3 Å². The summed E-state index contributed by atoms with van der Waals surface area (Å²) in [6.07, 6.45) is 5.45. The van der Waals surface area contributed by atoms with E-state index in [1.54, 1.807) is 17.2 Å². The molecule has 3 rings (SSSR count). The van der Waals surface area contributed by atoms with Crippen molar-refractivity contribution in [3.63, 3.8) is 0 Å². The first-order chi connectivity index (χ1) is 11.2. The number of likely N-dealkylation sites (tertiary alicyclic amines) is 1. The lowest BCUT2D eigenvalue weighted by Gasteiger charge is -2.29. The van der Waals surface area contributed by atoms with E-state index >= 15 is 0 Å². The lowest BCUT2D eigenvalue weighted by atomic mass is 10.1. The van der Waals surface area contributed by atoms with E-state index in [1.165, 1.54) is 19.2 Å². The van der Waals surface area contributed by atoms with Gasteiger partial charge in [-0.3, -0.25) is 4.79 Å². The molecule has 0 bridgehead atoms. The Hall–Kier alpha value is -2.30. The summed E-state index contributed by atoms with van der Waals surface area (Å²) in [5, 5.41) is 0. The van der Waals surface area contributed by atoms with Crippen molar-refractivity contribution < 1.29 is 18.3 Å². The Morgan fingerprint density at radius 3 is 2.87 bits per heavy atom. The Kier molecular flexibility index (Phi) is 4.65. The maximum atomic E-state index is 14.3. The van der Waals surface area contributed by atoms with Gasteiger partial charge in [0.15, 0.2) is 0 Å². The highest BCUT2D eigenvalue weighted by Crippen LogP contribution is 2.32. The normalized spacial score (nSPS) is 18.5. The van der Waals surface area contributed by atoms with E-state index in [4.69, 9.17) is 9.15 Å². The van der Waals surface area contributed by atoms with Crippen LogP contribution in [0.2, 0.25) is 0 Å². The van der Waals surface area contributed by atoms with Crippen molar-refractivity contribution in [2.24, 2.45) is 0 Å². The van der Waals surface area contributed by atoms with Crippen molar-refractivity contribution in [2.75, 3.05) is 13.7 Å². The molecule has 0 radical (unpaired) electrons. The van der Waals surface area contributed by atoms with E-state index in [1.807, 2.05) is 12.1 Å². The second kappa shape index (κ2) is 6.86. The van der Waals surface area contributed by atoms with Crippen LogP contribution in [0.3, 0.4) is 0 Å². The summed E-state index contributed by atoms with van der Waals surface area (Å²) in [4.78, 5) is 14.6. The molecule has 0 saturated carbocycles. The van der Waals surface area contributed by atoms with E-state index in [0.29, 0.717) is 12.3 Å². The number of carbonyl (C=O) groups is 1. The van der Waals surface area contributed by atoms with Crippen molar-refractivity contribution in [1.29, 1.82) is 0 Å². The van der Waals surface area contributed by atoms with Crippen LogP contribution in [0.1, 0.15) is 47.8 Å². The first-order valence-electron chi connectivity index (χ1n) is 7.88. The molecular weight excluding hydrogens is 297 g/mol. The number of hydrogen-bond acceptors (Lipinski definition) is 3. The standard InChI is InChI=1S/C18H20FNO3/c1-22-13-8-9-14(15(19)12-13)18(21)20-10-4-2-3-6-16(20)17-7-5-11-23-17/h5,7-9,11-12,16H,2-4,6,10H2,1H3. The highest BCUT2D eigenvalue weighted by Gasteiger charge is 2.30. The number of hydrogen-bond donors (Lipinski definition) is 0. The molecule has 1 aromatic heterocycles. The maximum Gasteiger partial charge on any atom is 0.257 e. The van der Waals surface area contributed by atoms with E-state index in [9.17, 15) is 9.18 Å². The molecule has 5 heteroatoms. The minimum atomic E-state index is -0.559. The number of carbonyl (C=O) groups excluding carboxylic acids is 1. The third-order valence-electron chi connectivity index (χ3n) is 4.29. The van der Waals surface area contributed by atoms with Gasteiger partial charge in [-0.15, -0.1) is 0 Å². The number of nitrogens with zero attached hydrogens (tertiary/aromatic N) is 1. The van der Waals surface area contributed by atoms with Crippen LogP contribution in [0.15, 0.2) is 41.0 Å². The van der Waals surface area contributed by atoms with E-state index in [0.717, 1.165) is 31.4 Å². The molecule has 1 fully saturated rings. The number of halogens is 1. The Balaban J connectivity index is 1.91. The van der Waals surface area contributed by atoms with Crippen LogP contribution < -0.4 is 4.74 Å². The lowest BCUT2D eigenvalue weighted by molar-refractivity contribution is 0.0653. The first kappa shape index (κ1) is 15.6. The summed E-state index contributed by atoms with van der Waals surface area (Å²) in [5.41, 5.74) is 0.0734. The highest BCUT2D eigenvalue weighted by molar-refractivity contribution is 5.95. The van der Waals surface area contributed by atoms with Crippen LogP contribution in [-0.4, -0.2) is 24.5 Å². The van der Waals surface area contributed by atoms with E-state index < -0.39 is 5.82 Å². The first-order valence-corrected chi connectivity index (χ1v) is 7.88. The SMILES string of the molecule is COc1ccc(C(=O)N2CCCCCC2c2ccco2)c(F)c1. The molecule has 1 aliphatic heterocycles. The molecule has 0 N–H and O–H groups in total. The number of ether oxygens (including phenoxy) is 1. The fraction of sp³-hybridized carbons (Fsp3) is 0.389. The minimum Gasteiger partial charge on any atom is -0.497 e.